The molecule has 0 atom stereocenters. The Hall–Kier alpha value is -2.67. The molecule has 1 aliphatic heterocycles. The van der Waals surface area contributed by atoms with E-state index in [1.165, 1.54) is 32.4 Å². The lowest BCUT2D eigenvalue weighted by Gasteiger charge is -2.10. The second kappa shape index (κ2) is 7.06. The van der Waals surface area contributed by atoms with Gasteiger partial charge in [0, 0.05) is 0 Å². The first kappa shape index (κ1) is 17.2. The molecule has 128 valence electrons. The predicted octanol–water partition coefficient (Wildman–Crippen LogP) is 3.95. The van der Waals surface area contributed by atoms with Gasteiger partial charge in [0.2, 0.25) is 5.90 Å². The topological polar surface area (TPSA) is 57.1 Å². The highest BCUT2D eigenvalue weighted by Crippen LogP contribution is 2.37. The Balaban J connectivity index is 2.00. The molecule has 7 heteroatoms. The molecule has 0 amide bonds. The fourth-order valence-electron chi connectivity index (χ4n) is 2.34. The molecule has 0 aromatic heterocycles. The molecule has 3 rings (SSSR count). The van der Waals surface area contributed by atoms with E-state index in [0.717, 1.165) is 0 Å². The minimum Gasteiger partial charge on any atom is -0.493 e. The van der Waals surface area contributed by atoms with E-state index >= 15 is 0 Å². The number of benzene rings is 2. The third kappa shape index (κ3) is 3.41. The largest absolute Gasteiger partial charge is 0.493 e. The van der Waals surface area contributed by atoms with Gasteiger partial charge in [0.05, 0.1) is 24.3 Å². The SMILES string of the molecule is COc1cc(/C=C2\N=C(c3ccccc3F)OC2=O)cc(Br)c1OC. The zero-order chi connectivity index (χ0) is 18.0. The number of aliphatic imine (C=N–C) groups is 1. The van der Waals surface area contributed by atoms with Gasteiger partial charge in [-0.15, -0.1) is 0 Å². The highest BCUT2D eigenvalue weighted by molar-refractivity contribution is 9.10. The maximum absolute atomic E-state index is 13.8. The van der Waals surface area contributed by atoms with Crippen LogP contribution in [0.25, 0.3) is 6.08 Å². The zero-order valence-corrected chi connectivity index (χ0v) is 15.0. The number of esters is 1. The average Bonchev–Trinajstić information content (AvgIpc) is 2.95. The van der Waals surface area contributed by atoms with E-state index in [-0.39, 0.29) is 17.2 Å². The van der Waals surface area contributed by atoms with Crippen LogP contribution in [0.5, 0.6) is 11.5 Å². The Morgan fingerprint density at radius 3 is 2.64 bits per heavy atom. The molecule has 0 saturated carbocycles. The lowest BCUT2D eigenvalue weighted by Crippen LogP contribution is -2.07. The summed E-state index contributed by atoms with van der Waals surface area (Å²) in [4.78, 5) is 16.1. The third-order valence-electron chi connectivity index (χ3n) is 3.48. The molecule has 1 aliphatic rings. The average molecular weight is 406 g/mol. The number of ether oxygens (including phenoxy) is 3. The van der Waals surface area contributed by atoms with Crippen molar-refractivity contribution >= 4 is 33.9 Å². The number of methoxy groups -OCH3 is 2. The second-order valence-corrected chi connectivity index (χ2v) is 5.91. The van der Waals surface area contributed by atoms with Crippen molar-refractivity contribution in [1.82, 2.24) is 0 Å². The summed E-state index contributed by atoms with van der Waals surface area (Å²) in [5.41, 5.74) is 0.847. The van der Waals surface area contributed by atoms with Gasteiger partial charge in [0.15, 0.2) is 17.2 Å². The Bertz CT molecular complexity index is 908. The van der Waals surface area contributed by atoms with Crippen LogP contribution in [0.4, 0.5) is 4.39 Å². The van der Waals surface area contributed by atoms with Gasteiger partial charge < -0.3 is 14.2 Å². The molecule has 0 unspecified atom stereocenters. The van der Waals surface area contributed by atoms with E-state index in [0.29, 0.717) is 21.5 Å². The maximum Gasteiger partial charge on any atom is 0.363 e. The van der Waals surface area contributed by atoms with Crippen LogP contribution in [-0.4, -0.2) is 26.1 Å². The highest BCUT2D eigenvalue weighted by atomic mass is 79.9. The predicted molar refractivity (Wildman–Crippen MR) is 94.3 cm³/mol. The van der Waals surface area contributed by atoms with Crippen LogP contribution in [0.2, 0.25) is 0 Å². The fourth-order valence-corrected chi connectivity index (χ4v) is 2.96. The molecule has 0 radical (unpaired) electrons. The van der Waals surface area contributed by atoms with Crippen molar-refractivity contribution in [3.8, 4) is 11.5 Å². The number of cyclic esters (lactones) is 1. The minimum atomic E-state index is -0.649. The van der Waals surface area contributed by atoms with Gasteiger partial charge in [0.25, 0.3) is 0 Å². The lowest BCUT2D eigenvalue weighted by atomic mass is 10.1. The molecule has 0 spiro atoms. The summed E-state index contributed by atoms with van der Waals surface area (Å²) in [5.74, 6) is -0.190. The van der Waals surface area contributed by atoms with E-state index in [2.05, 4.69) is 20.9 Å². The van der Waals surface area contributed by atoms with Gasteiger partial charge in [-0.3, -0.25) is 0 Å². The Labute approximate surface area is 151 Å². The monoisotopic (exact) mass is 405 g/mol. The van der Waals surface area contributed by atoms with E-state index < -0.39 is 11.8 Å². The summed E-state index contributed by atoms with van der Waals surface area (Å²) in [6.45, 7) is 0. The van der Waals surface area contributed by atoms with Crippen LogP contribution in [0.3, 0.4) is 0 Å². The van der Waals surface area contributed by atoms with Crippen LogP contribution >= 0.6 is 15.9 Å². The van der Waals surface area contributed by atoms with Crippen LogP contribution in [0.15, 0.2) is 51.6 Å². The Kier molecular flexibility index (Phi) is 4.85. The van der Waals surface area contributed by atoms with Gasteiger partial charge in [-0.2, -0.15) is 0 Å². The molecule has 0 fully saturated rings. The zero-order valence-electron chi connectivity index (χ0n) is 13.4. The number of hydrogen-bond donors (Lipinski definition) is 0. The summed E-state index contributed by atoms with van der Waals surface area (Å²) in [6, 6.07) is 9.41. The Morgan fingerprint density at radius 1 is 1.20 bits per heavy atom. The molecule has 5 nitrogen and oxygen atoms in total. The van der Waals surface area contributed by atoms with E-state index in [9.17, 15) is 9.18 Å². The number of halogens is 2. The summed E-state index contributed by atoms with van der Waals surface area (Å²) < 4.78 is 30.1. The Morgan fingerprint density at radius 2 is 1.96 bits per heavy atom. The van der Waals surface area contributed by atoms with Crippen LogP contribution in [-0.2, 0) is 9.53 Å². The van der Waals surface area contributed by atoms with Gasteiger partial charge in [-0.25, -0.2) is 14.2 Å². The van der Waals surface area contributed by atoms with Gasteiger partial charge >= 0.3 is 5.97 Å². The van der Waals surface area contributed by atoms with Crippen molar-refractivity contribution in [3.05, 3.63) is 63.5 Å². The van der Waals surface area contributed by atoms with Crippen LogP contribution in [0, 0.1) is 5.82 Å². The standard InChI is InChI=1S/C18H13BrFNO4/c1-23-15-9-10(7-12(19)16(15)24-2)8-14-18(22)25-17(21-14)11-5-3-4-6-13(11)20/h3-9H,1-2H3/b14-8-. The van der Waals surface area contributed by atoms with Crippen molar-refractivity contribution in [2.24, 2.45) is 4.99 Å². The molecular formula is C18H13BrFNO4. The number of carbonyl (C=O) groups excluding carboxylic acids is 1. The number of hydrogen-bond acceptors (Lipinski definition) is 5. The van der Waals surface area contributed by atoms with E-state index in [1.54, 1.807) is 24.3 Å². The number of rotatable bonds is 4. The second-order valence-electron chi connectivity index (χ2n) is 5.05. The number of nitrogens with zero attached hydrogens (tertiary/aromatic N) is 1. The quantitative estimate of drug-likeness (QED) is 0.570. The molecule has 25 heavy (non-hydrogen) atoms. The normalized spacial score (nSPS) is 15.1. The molecular weight excluding hydrogens is 393 g/mol. The summed E-state index contributed by atoms with van der Waals surface area (Å²) in [6.07, 6.45) is 1.53. The third-order valence-corrected chi connectivity index (χ3v) is 4.07. The maximum atomic E-state index is 13.8. The van der Waals surface area contributed by atoms with E-state index in [1.807, 2.05) is 0 Å². The van der Waals surface area contributed by atoms with Crippen molar-refractivity contribution in [2.75, 3.05) is 14.2 Å². The first-order valence-electron chi connectivity index (χ1n) is 7.22. The van der Waals surface area contributed by atoms with Crippen molar-refractivity contribution in [1.29, 1.82) is 0 Å². The molecule has 2 aromatic rings. The van der Waals surface area contributed by atoms with Crippen molar-refractivity contribution in [3.63, 3.8) is 0 Å². The summed E-state index contributed by atoms with van der Waals surface area (Å²) in [7, 11) is 3.04. The van der Waals surface area contributed by atoms with Crippen LogP contribution in [0.1, 0.15) is 11.1 Å². The molecule has 0 aliphatic carbocycles. The molecule has 0 saturated heterocycles. The van der Waals surface area contributed by atoms with Gasteiger partial charge in [-0.05, 0) is 51.8 Å². The minimum absolute atomic E-state index is 0.0612. The summed E-state index contributed by atoms with van der Waals surface area (Å²) >= 11 is 3.39. The van der Waals surface area contributed by atoms with Gasteiger partial charge in [-0.1, -0.05) is 12.1 Å². The molecule has 0 bridgehead atoms. The first-order valence-corrected chi connectivity index (χ1v) is 8.01. The molecule has 2 aromatic carbocycles. The molecule has 0 N–H and O–H groups in total. The molecule has 1 heterocycles. The summed E-state index contributed by atoms with van der Waals surface area (Å²) in [5, 5.41) is 0. The lowest BCUT2D eigenvalue weighted by molar-refractivity contribution is -0.129. The highest BCUT2D eigenvalue weighted by Gasteiger charge is 2.26. The first-order chi connectivity index (χ1) is 12.0. The fraction of sp³-hybridized carbons (Fsp3) is 0.111. The van der Waals surface area contributed by atoms with E-state index in [4.69, 9.17) is 14.2 Å². The van der Waals surface area contributed by atoms with Gasteiger partial charge in [0.1, 0.15) is 5.82 Å². The smallest absolute Gasteiger partial charge is 0.363 e. The van der Waals surface area contributed by atoms with Crippen LogP contribution < -0.4 is 9.47 Å². The number of carbonyl (C=O) groups is 1. The van der Waals surface area contributed by atoms with Crippen molar-refractivity contribution < 1.29 is 23.4 Å². The van der Waals surface area contributed by atoms with Crippen molar-refractivity contribution in [2.45, 2.75) is 0 Å².